The quantitative estimate of drug-likeness (QED) is 0.378. The van der Waals surface area contributed by atoms with E-state index in [1.807, 2.05) is 18.2 Å². The van der Waals surface area contributed by atoms with Gasteiger partial charge in [0.05, 0.1) is 12.5 Å². The van der Waals surface area contributed by atoms with E-state index in [1.165, 1.54) is 42.5 Å². The predicted octanol–water partition coefficient (Wildman–Crippen LogP) is 2.95. The topological polar surface area (TPSA) is 104 Å². The molecule has 0 amide bonds. The highest BCUT2D eigenvalue weighted by atomic mass is 19.1. The molecule has 0 aliphatic rings. The zero-order valence-electron chi connectivity index (χ0n) is 20.0. The summed E-state index contributed by atoms with van der Waals surface area (Å²) >= 11 is 0. The van der Waals surface area contributed by atoms with Crippen molar-refractivity contribution in [2.45, 2.75) is 19.4 Å². The monoisotopic (exact) mass is 477 g/mol. The number of anilines is 1. The molecule has 4 rings (SSSR count). The summed E-state index contributed by atoms with van der Waals surface area (Å²) in [6.07, 6.45) is 1.69. The third-order valence-electron chi connectivity index (χ3n) is 6.10. The van der Waals surface area contributed by atoms with Crippen molar-refractivity contribution >= 4 is 16.9 Å². The third-order valence-corrected chi connectivity index (χ3v) is 6.10. The van der Waals surface area contributed by atoms with Gasteiger partial charge in [0.25, 0.3) is 5.56 Å². The lowest BCUT2D eigenvalue weighted by Crippen LogP contribution is -2.38. The van der Waals surface area contributed by atoms with Gasteiger partial charge in [0.2, 0.25) is 0 Å². The van der Waals surface area contributed by atoms with Crippen LogP contribution in [0.15, 0.2) is 58.1 Å². The second kappa shape index (κ2) is 10.1. The highest BCUT2D eigenvalue weighted by Gasteiger charge is 2.24. The fourth-order valence-electron chi connectivity index (χ4n) is 4.29. The fraction of sp³-hybridized carbons (Fsp3) is 0.269. The number of benzene rings is 2. The molecule has 0 fully saturated rings. The van der Waals surface area contributed by atoms with Crippen molar-refractivity contribution in [3.8, 4) is 16.9 Å². The normalized spacial score (nSPS) is 11.1. The molecular formula is C26H28FN5O3. The highest BCUT2D eigenvalue weighted by molar-refractivity contribution is 5.98. The van der Waals surface area contributed by atoms with Crippen LogP contribution in [0, 0.1) is 5.82 Å². The van der Waals surface area contributed by atoms with Crippen LogP contribution in [0.25, 0.3) is 22.2 Å². The molecule has 0 unspecified atom stereocenters. The summed E-state index contributed by atoms with van der Waals surface area (Å²) in [4.78, 5) is 30.6. The standard InChI is InChI=1S/C26H28FN5O3/c1-31-24-22(25(33)32(2)26(31)34)21(18-14-17(27)11-12-20(18)35-3)19(15-28)23(30-24)29-13-7-10-16-8-5-4-6-9-16/h4-6,8-9,11-12,14H,7,10,13,15,28H2,1-3H3,(H,29,30). The number of fused-ring (bicyclic) bond motifs is 1. The number of aromatic nitrogens is 3. The lowest BCUT2D eigenvalue weighted by atomic mass is 9.96. The second-order valence-electron chi connectivity index (χ2n) is 8.28. The van der Waals surface area contributed by atoms with E-state index in [4.69, 9.17) is 10.5 Å². The third kappa shape index (κ3) is 4.54. The molecule has 0 aliphatic heterocycles. The van der Waals surface area contributed by atoms with Crippen LogP contribution < -0.4 is 27.0 Å². The van der Waals surface area contributed by atoms with Gasteiger partial charge in [0.1, 0.15) is 17.4 Å². The molecule has 3 N–H and O–H groups in total. The van der Waals surface area contributed by atoms with Crippen LogP contribution >= 0.6 is 0 Å². The summed E-state index contributed by atoms with van der Waals surface area (Å²) < 4.78 is 22.2. The number of nitrogens with two attached hydrogens (primary N) is 1. The van der Waals surface area contributed by atoms with E-state index in [1.54, 1.807) is 7.05 Å². The molecule has 4 aromatic rings. The first-order chi connectivity index (χ1) is 16.9. The van der Waals surface area contributed by atoms with Crippen LogP contribution in [-0.4, -0.2) is 27.8 Å². The molecule has 2 aromatic heterocycles. The van der Waals surface area contributed by atoms with Gasteiger partial charge < -0.3 is 15.8 Å². The fourth-order valence-corrected chi connectivity index (χ4v) is 4.29. The number of rotatable bonds is 8. The molecule has 0 spiro atoms. The van der Waals surface area contributed by atoms with E-state index < -0.39 is 17.1 Å². The summed E-state index contributed by atoms with van der Waals surface area (Å²) in [6, 6.07) is 14.2. The van der Waals surface area contributed by atoms with E-state index in [9.17, 15) is 14.0 Å². The number of nitrogens with zero attached hydrogens (tertiary/aromatic N) is 3. The molecule has 8 nitrogen and oxygen atoms in total. The van der Waals surface area contributed by atoms with Crippen molar-refractivity contribution in [1.82, 2.24) is 14.1 Å². The average molecular weight is 478 g/mol. The summed E-state index contributed by atoms with van der Waals surface area (Å²) in [5, 5.41) is 3.49. The first-order valence-electron chi connectivity index (χ1n) is 11.3. The Balaban J connectivity index is 1.91. The Morgan fingerprint density at radius 1 is 1.09 bits per heavy atom. The molecule has 0 saturated heterocycles. The number of ether oxygens (including phenoxy) is 1. The molecule has 0 bridgehead atoms. The zero-order chi connectivity index (χ0) is 25.1. The lowest BCUT2D eigenvalue weighted by Gasteiger charge is -2.20. The number of aryl methyl sites for hydroxylation is 2. The summed E-state index contributed by atoms with van der Waals surface area (Å²) in [7, 11) is 4.42. The Morgan fingerprint density at radius 3 is 2.51 bits per heavy atom. The van der Waals surface area contributed by atoms with Crippen LogP contribution in [0.1, 0.15) is 17.5 Å². The van der Waals surface area contributed by atoms with Crippen molar-refractivity contribution in [3.63, 3.8) is 0 Å². The molecule has 0 atom stereocenters. The number of nitrogens with one attached hydrogen (secondary N) is 1. The van der Waals surface area contributed by atoms with E-state index in [0.29, 0.717) is 34.8 Å². The summed E-state index contributed by atoms with van der Waals surface area (Å²) in [5.74, 6) is 0.324. The lowest BCUT2D eigenvalue weighted by molar-refractivity contribution is 0.415. The van der Waals surface area contributed by atoms with Crippen molar-refractivity contribution in [2.75, 3.05) is 19.0 Å². The molecule has 35 heavy (non-hydrogen) atoms. The minimum atomic E-state index is -0.540. The predicted molar refractivity (Wildman–Crippen MR) is 135 cm³/mol. The van der Waals surface area contributed by atoms with Crippen molar-refractivity contribution in [3.05, 3.63) is 86.3 Å². The van der Waals surface area contributed by atoms with Crippen molar-refractivity contribution < 1.29 is 9.13 Å². The Morgan fingerprint density at radius 2 is 1.83 bits per heavy atom. The first kappa shape index (κ1) is 24.2. The zero-order valence-corrected chi connectivity index (χ0v) is 20.0. The second-order valence-corrected chi connectivity index (χ2v) is 8.28. The summed E-state index contributed by atoms with van der Waals surface area (Å²) in [6.45, 7) is 0.615. The molecule has 0 radical (unpaired) electrons. The summed E-state index contributed by atoms with van der Waals surface area (Å²) in [5.41, 5.74) is 7.82. The Kier molecular flexibility index (Phi) is 6.97. The van der Waals surface area contributed by atoms with E-state index in [2.05, 4.69) is 22.4 Å². The van der Waals surface area contributed by atoms with Gasteiger partial charge in [0.15, 0.2) is 5.65 Å². The maximum absolute atomic E-state index is 14.4. The van der Waals surface area contributed by atoms with Crippen molar-refractivity contribution in [2.24, 2.45) is 19.8 Å². The van der Waals surface area contributed by atoms with Gasteiger partial charge in [-0.3, -0.25) is 13.9 Å². The number of pyridine rings is 1. The molecule has 9 heteroatoms. The van der Waals surface area contributed by atoms with Gasteiger partial charge in [0, 0.05) is 43.9 Å². The number of hydrogen-bond acceptors (Lipinski definition) is 6. The molecule has 182 valence electrons. The largest absolute Gasteiger partial charge is 0.496 e. The Labute approximate surface area is 201 Å². The number of hydrogen-bond donors (Lipinski definition) is 2. The van der Waals surface area contributed by atoms with Gasteiger partial charge in [-0.05, 0) is 36.6 Å². The Hall–Kier alpha value is -3.98. The number of halogens is 1. The van der Waals surface area contributed by atoms with Crippen LogP contribution in [0.5, 0.6) is 5.75 Å². The smallest absolute Gasteiger partial charge is 0.332 e. The van der Waals surface area contributed by atoms with Crippen LogP contribution in [0.4, 0.5) is 10.2 Å². The Bertz CT molecular complexity index is 1500. The molecule has 2 aromatic carbocycles. The van der Waals surface area contributed by atoms with Crippen LogP contribution in [0.3, 0.4) is 0 Å². The number of methoxy groups -OCH3 is 1. The maximum Gasteiger partial charge on any atom is 0.332 e. The molecule has 2 heterocycles. The van der Waals surface area contributed by atoms with Gasteiger partial charge in [-0.15, -0.1) is 0 Å². The average Bonchev–Trinajstić information content (AvgIpc) is 2.88. The van der Waals surface area contributed by atoms with Crippen molar-refractivity contribution in [1.29, 1.82) is 0 Å². The van der Waals surface area contributed by atoms with Crippen LogP contribution in [0.2, 0.25) is 0 Å². The molecular weight excluding hydrogens is 449 g/mol. The van der Waals surface area contributed by atoms with E-state index >= 15 is 0 Å². The maximum atomic E-state index is 14.4. The van der Waals surface area contributed by atoms with E-state index in [0.717, 1.165) is 17.4 Å². The SMILES string of the molecule is COc1ccc(F)cc1-c1c(CN)c(NCCCc2ccccc2)nc2c1c(=O)n(C)c(=O)n2C. The minimum Gasteiger partial charge on any atom is -0.496 e. The van der Waals surface area contributed by atoms with Gasteiger partial charge in [-0.25, -0.2) is 14.2 Å². The van der Waals surface area contributed by atoms with Gasteiger partial charge >= 0.3 is 5.69 Å². The first-order valence-corrected chi connectivity index (χ1v) is 11.3. The van der Waals surface area contributed by atoms with Gasteiger partial charge in [-0.1, -0.05) is 30.3 Å². The highest BCUT2D eigenvalue weighted by Crippen LogP contribution is 2.38. The van der Waals surface area contributed by atoms with E-state index in [-0.39, 0.29) is 17.6 Å². The van der Waals surface area contributed by atoms with Crippen LogP contribution in [-0.2, 0) is 27.1 Å². The minimum absolute atomic E-state index is 0.0327. The van der Waals surface area contributed by atoms with Gasteiger partial charge in [-0.2, -0.15) is 0 Å². The molecule has 0 aliphatic carbocycles. The molecule has 0 saturated carbocycles.